The van der Waals surface area contributed by atoms with E-state index in [0.717, 1.165) is 26.1 Å². The zero-order chi connectivity index (χ0) is 15.5. The van der Waals surface area contributed by atoms with Crippen molar-refractivity contribution in [1.82, 2.24) is 4.90 Å². The first-order valence-electron chi connectivity index (χ1n) is 7.29. The van der Waals surface area contributed by atoms with E-state index >= 15 is 0 Å². The molecule has 0 spiro atoms. The van der Waals surface area contributed by atoms with Gasteiger partial charge in [-0.15, -0.1) is 0 Å². The number of hydrogen-bond acceptors (Lipinski definition) is 5. The van der Waals surface area contributed by atoms with Gasteiger partial charge in [0, 0.05) is 31.6 Å². The molecule has 1 heterocycles. The SMILES string of the molecule is N/N=C1\C=CC(CN2CCc3ccccc3C2)C=C1[N+](=O)[O-]. The van der Waals surface area contributed by atoms with Crippen LogP contribution in [0, 0.1) is 16.0 Å². The fraction of sp³-hybridized carbons (Fsp3) is 0.312. The Kier molecular flexibility index (Phi) is 4.02. The highest BCUT2D eigenvalue weighted by atomic mass is 16.6. The molecule has 6 heteroatoms. The van der Waals surface area contributed by atoms with E-state index in [2.05, 4.69) is 34.3 Å². The average Bonchev–Trinajstić information content (AvgIpc) is 2.54. The van der Waals surface area contributed by atoms with Crippen molar-refractivity contribution in [2.45, 2.75) is 13.0 Å². The Morgan fingerprint density at radius 1 is 1.36 bits per heavy atom. The summed E-state index contributed by atoms with van der Waals surface area (Å²) in [5.41, 5.74) is 2.96. The minimum Gasteiger partial charge on any atom is -0.322 e. The van der Waals surface area contributed by atoms with Crippen LogP contribution in [0.1, 0.15) is 11.1 Å². The summed E-state index contributed by atoms with van der Waals surface area (Å²) in [6, 6.07) is 8.44. The van der Waals surface area contributed by atoms with Gasteiger partial charge in [0.05, 0.1) is 4.92 Å². The summed E-state index contributed by atoms with van der Waals surface area (Å²) < 4.78 is 0. The summed E-state index contributed by atoms with van der Waals surface area (Å²) in [5.74, 6) is 5.21. The standard InChI is InChI=1S/C16H18N4O2/c17-18-15-6-5-12(9-16(15)20(21)22)10-19-8-7-13-3-1-2-4-14(13)11-19/h1-6,9,12H,7-8,10-11,17H2/b18-15+. The van der Waals surface area contributed by atoms with Gasteiger partial charge in [-0.2, -0.15) is 5.10 Å². The van der Waals surface area contributed by atoms with Gasteiger partial charge < -0.3 is 5.84 Å². The Balaban J connectivity index is 1.71. The molecule has 0 fully saturated rings. The quantitative estimate of drug-likeness (QED) is 0.523. The number of nitrogens with zero attached hydrogens (tertiary/aromatic N) is 3. The molecule has 0 saturated heterocycles. The summed E-state index contributed by atoms with van der Waals surface area (Å²) >= 11 is 0. The lowest BCUT2D eigenvalue weighted by Gasteiger charge is -2.30. The van der Waals surface area contributed by atoms with Crippen molar-refractivity contribution in [2.24, 2.45) is 16.9 Å². The Morgan fingerprint density at radius 3 is 2.86 bits per heavy atom. The van der Waals surface area contributed by atoms with Crippen molar-refractivity contribution in [3.8, 4) is 0 Å². The number of hydrogen-bond donors (Lipinski definition) is 1. The van der Waals surface area contributed by atoms with Crippen molar-refractivity contribution < 1.29 is 4.92 Å². The van der Waals surface area contributed by atoms with E-state index in [1.165, 1.54) is 11.1 Å². The van der Waals surface area contributed by atoms with Gasteiger partial charge in [-0.05, 0) is 23.6 Å². The predicted molar refractivity (Wildman–Crippen MR) is 84.8 cm³/mol. The molecule has 1 aliphatic heterocycles. The Morgan fingerprint density at radius 2 is 2.14 bits per heavy atom. The van der Waals surface area contributed by atoms with E-state index in [-0.39, 0.29) is 17.3 Å². The van der Waals surface area contributed by atoms with E-state index in [4.69, 9.17) is 5.84 Å². The van der Waals surface area contributed by atoms with Gasteiger partial charge in [-0.1, -0.05) is 30.3 Å². The minimum absolute atomic E-state index is 0.00703. The Labute approximate surface area is 128 Å². The van der Waals surface area contributed by atoms with E-state index in [9.17, 15) is 10.1 Å². The van der Waals surface area contributed by atoms with Crippen LogP contribution >= 0.6 is 0 Å². The summed E-state index contributed by atoms with van der Waals surface area (Å²) in [6.07, 6.45) is 6.24. The van der Waals surface area contributed by atoms with Crippen molar-refractivity contribution in [3.63, 3.8) is 0 Å². The number of rotatable bonds is 3. The Hall–Kier alpha value is -2.47. The van der Waals surface area contributed by atoms with Crippen LogP contribution in [0.25, 0.3) is 0 Å². The second-order valence-corrected chi connectivity index (χ2v) is 5.60. The van der Waals surface area contributed by atoms with E-state index in [1.54, 1.807) is 12.2 Å². The van der Waals surface area contributed by atoms with Crippen LogP contribution in [-0.2, 0) is 13.0 Å². The summed E-state index contributed by atoms with van der Waals surface area (Å²) in [4.78, 5) is 13.0. The molecule has 0 radical (unpaired) electrons. The molecule has 3 rings (SSSR count). The first-order chi connectivity index (χ1) is 10.7. The molecular weight excluding hydrogens is 280 g/mol. The number of allylic oxidation sites excluding steroid dienone is 1. The van der Waals surface area contributed by atoms with Crippen molar-refractivity contribution >= 4 is 5.71 Å². The maximum absolute atomic E-state index is 11.1. The minimum atomic E-state index is -0.423. The highest BCUT2D eigenvalue weighted by Crippen LogP contribution is 2.22. The average molecular weight is 298 g/mol. The zero-order valence-electron chi connectivity index (χ0n) is 12.2. The first kappa shape index (κ1) is 14.5. The molecule has 6 nitrogen and oxygen atoms in total. The molecule has 1 unspecified atom stereocenters. The van der Waals surface area contributed by atoms with Crippen LogP contribution in [0.15, 0.2) is 53.3 Å². The van der Waals surface area contributed by atoms with Gasteiger partial charge in [0.25, 0.3) is 5.70 Å². The van der Waals surface area contributed by atoms with Crippen LogP contribution in [-0.4, -0.2) is 28.6 Å². The molecule has 2 aliphatic rings. The topological polar surface area (TPSA) is 84.8 Å². The molecule has 1 atom stereocenters. The molecular formula is C16H18N4O2. The molecule has 1 aliphatic carbocycles. The lowest BCUT2D eigenvalue weighted by atomic mass is 9.96. The van der Waals surface area contributed by atoms with Gasteiger partial charge in [-0.25, -0.2) is 0 Å². The lowest BCUT2D eigenvalue weighted by Crippen LogP contribution is -2.34. The van der Waals surface area contributed by atoms with Crippen molar-refractivity contribution in [2.75, 3.05) is 13.1 Å². The molecule has 1 aromatic carbocycles. The third kappa shape index (κ3) is 2.92. The predicted octanol–water partition coefficient (Wildman–Crippen LogP) is 1.71. The van der Waals surface area contributed by atoms with Crippen LogP contribution in [0.5, 0.6) is 0 Å². The highest BCUT2D eigenvalue weighted by Gasteiger charge is 2.25. The number of hydrazone groups is 1. The normalized spacial score (nSPS) is 23.2. The monoisotopic (exact) mass is 298 g/mol. The van der Waals surface area contributed by atoms with Gasteiger partial charge in [0.15, 0.2) is 5.71 Å². The van der Waals surface area contributed by atoms with Crippen molar-refractivity contribution in [3.05, 3.63) is 69.4 Å². The number of nitrogens with two attached hydrogens (primary N) is 1. The van der Waals surface area contributed by atoms with Crippen LogP contribution in [0.2, 0.25) is 0 Å². The fourth-order valence-corrected chi connectivity index (χ4v) is 3.03. The van der Waals surface area contributed by atoms with Crippen LogP contribution in [0.3, 0.4) is 0 Å². The molecule has 0 amide bonds. The van der Waals surface area contributed by atoms with E-state index < -0.39 is 4.92 Å². The second kappa shape index (κ2) is 6.11. The Bertz CT molecular complexity index is 678. The molecule has 1 aromatic rings. The van der Waals surface area contributed by atoms with E-state index in [0.29, 0.717) is 0 Å². The van der Waals surface area contributed by atoms with E-state index in [1.807, 2.05) is 6.08 Å². The van der Waals surface area contributed by atoms with Gasteiger partial charge >= 0.3 is 0 Å². The molecule has 0 bridgehead atoms. The number of fused-ring (bicyclic) bond motifs is 1. The number of nitro groups is 1. The van der Waals surface area contributed by atoms with Crippen LogP contribution < -0.4 is 5.84 Å². The third-order valence-electron chi connectivity index (χ3n) is 4.15. The molecule has 22 heavy (non-hydrogen) atoms. The highest BCUT2D eigenvalue weighted by molar-refractivity contribution is 6.07. The zero-order valence-corrected chi connectivity index (χ0v) is 12.2. The molecule has 0 aromatic heterocycles. The van der Waals surface area contributed by atoms with Gasteiger partial charge in [0.1, 0.15) is 0 Å². The lowest BCUT2D eigenvalue weighted by molar-refractivity contribution is -0.415. The number of benzene rings is 1. The maximum Gasteiger partial charge on any atom is 0.293 e. The van der Waals surface area contributed by atoms with Gasteiger partial charge in [0.2, 0.25) is 0 Å². The van der Waals surface area contributed by atoms with Gasteiger partial charge in [-0.3, -0.25) is 15.0 Å². The second-order valence-electron chi connectivity index (χ2n) is 5.60. The molecule has 2 N–H and O–H groups in total. The third-order valence-corrected chi connectivity index (χ3v) is 4.15. The fourth-order valence-electron chi connectivity index (χ4n) is 3.03. The summed E-state index contributed by atoms with van der Waals surface area (Å²) in [5, 5.41) is 14.5. The van der Waals surface area contributed by atoms with Crippen LogP contribution in [0.4, 0.5) is 0 Å². The van der Waals surface area contributed by atoms with Crippen molar-refractivity contribution in [1.29, 1.82) is 0 Å². The molecule has 114 valence electrons. The first-order valence-corrected chi connectivity index (χ1v) is 7.29. The smallest absolute Gasteiger partial charge is 0.293 e. The summed E-state index contributed by atoms with van der Waals surface area (Å²) in [7, 11) is 0. The maximum atomic E-state index is 11.1. The largest absolute Gasteiger partial charge is 0.322 e. The molecule has 0 saturated carbocycles. The summed E-state index contributed by atoms with van der Waals surface area (Å²) in [6.45, 7) is 2.63.